The third-order valence-electron chi connectivity index (χ3n) is 2.69. The molecule has 0 radical (unpaired) electrons. The molecular formula is C14H18BrN3O. The third kappa shape index (κ3) is 3.81. The van der Waals surface area contributed by atoms with Gasteiger partial charge >= 0.3 is 0 Å². The Bertz CT molecular complexity index is 539. The van der Waals surface area contributed by atoms with Crippen molar-refractivity contribution in [1.82, 2.24) is 15.1 Å². The van der Waals surface area contributed by atoms with Gasteiger partial charge in [0.15, 0.2) is 5.75 Å². The molecule has 5 heteroatoms. The molecule has 0 aliphatic rings. The topological polar surface area (TPSA) is 39.1 Å². The van der Waals surface area contributed by atoms with Gasteiger partial charge in [-0.25, -0.2) is 0 Å². The molecule has 4 nitrogen and oxygen atoms in total. The largest absolute Gasteiger partial charge is 0.454 e. The molecule has 1 aromatic heterocycles. The summed E-state index contributed by atoms with van der Waals surface area (Å²) in [5.74, 6) is 1.61. The summed E-state index contributed by atoms with van der Waals surface area (Å²) in [6.07, 6.45) is 4.73. The summed E-state index contributed by atoms with van der Waals surface area (Å²) >= 11 is 3.47. The number of nitrogens with one attached hydrogen (secondary N) is 1. The van der Waals surface area contributed by atoms with E-state index in [0.717, 1.165) is 41.0 Å². The van der Waals surface area contributed by atoms with E-state index in [9.17, 15) is 0 Å². The second-order valence-corrected chi connectivity index (χ2v) is 5.24. The van der Waals surface area contributed by atoms with Gasteiger partial charge in [0.1, 0.15) is 5.75 Å². The van der Waals surface area contributed by atoms with Crippen molar-refractivity contribution in [3.63, 3.8) is 0 Å². The van der Waals surface area contributed by atoms with E-state index in [-0.39, 0.29) is 0 Å². The Morgan fingerprint density at radius 3 is 3.00 bits per heavy atom. The van der Waals surface area contributed by atoms with Crippen molar-refractivity contribution >= 4 is 15.9 Å². The molecule has 0 atom stereocenters. The van der Waals surface area contributed by atoms with Gasteiger partial charge in [-0.05, 0) is 25.6 Å². The molecule has 0 aliphatic heterocycles. The van der Waals surface area contributed by atoms with Crippen molar-refractivity contribution in [2.75, 3.05) is 7.05 Å². The van der Waals surface area contributed by atoms with Crippen molar-refractivity contribution in [3.05, 3.63) is 40.6 Å². The van der Waals surface area contributed by atoms with E-state index in [1.165, 1.54) is 0 Å². The number of hydrogen-bond donors (Lipinski definition) is 1. The fourth-order valence-electron chi connectivity index (χ4n) is 1.84. The van der Waals surface area contributed by atoms with E-state index < -0.39 is 0 Å². The third-order valence-corrected chi connectivity index (χ3v) is 3.18. The lowest BCUT2D eigenvalue weighted by Crippen LogP contribution is -2.06. The minimum absolute atomic E-state index is 0.768. The molecule has 0 unspecified atom stereocenters. The van der Waals surface area contributed by atoms with Gasteiger partial charge < -0.3 is 10.1 Å². The maximum Gasteiger partial charge on any atom is 0.165 e. The molecular weight excluding hydrogens is 306 g/mol. The SMILES string of the molecule is CCCn1cc(Oc2cc(Br)ccc2CNC)cn1. The van der Waals surface area contributed by atoms with E-state index in [1.807, 2.05) is 36.1 Å². The number of nitrogens with zero attached hydrogens (tertiary/aromatic N) is 2. The monoisotopic (exact) mass is 323 g/mol. The second-order valence-electron chi connectivity index (χ2n) is 4.32. The summed E-state index contributed by atoms with van der Waals surface area (Å²) in [6.45, 7) is 3.80. The molecule has 0 spiro atoms. The van der Waals surface area contributed by atoms with Crippen LogP contribution in [0, 0.1) is 0 Å². The Hall–Kier alpha value is -1.33. The van der Waals surface area contributed by atoms with Crippen LogP contribution in [0.3, 0.4) is 0 Å². The van der Waals surface area contributed by atoms with Crippen molar-refractivity contribution in [2.24, 2.45) is 0 Å². The number of ether oxygens (including phenoxy) is 1. The molecule has 0 amide bonds. The maximum atomic E-state index is 5.92. The highest BCUT2D eigenvalue weighted by Gasteiger charge is 2.07. The highest BCUT2D eigenvalue weighted by atomic mass is 79.9. The first-order valence-corrected chi connectivity index (χ1v) is 7.15. The molecule has 2 rings (SSSR count). The Labute approximate surface area is 121 Å². The Kier molecular flexibility index (Phi) is 4.99. The first kappa shape index (κ1) is 14.1. The fraction of sp³-hybridized carbons (Fsp3) is 0.357. The molecule has 102 valence electrons. The van der Waals surface area contributed by atoms with Crippen LogP contribution in [0.1, 0.15) is 18.9 Å². The minimum atomic E-state index is 0.768. The predicted octanol–water partition coefficient (Wildman–Crippen LogP) is 3.57. The normalized spacial score (nSPS) is 10.7. The molecule has 1 aromatic carbocycles. The lowest BCUT2D eigenvalue weighted by molar-refractivity contribution is 0.472. The van der Waals surface area contributed by atoms with Crippen molar-refractivity contribution in [2.45, 2.75) is 26.4 Å². The molecule has 0 bridgehead atoms. The summed E-state index contributed by atoms with van der Waals surface area (Å²) < 4.78 is 8.81. The van der Waals surface area contributed by atoms with Crippen molar-refractivity contribution < 1.29 is 4.74 Å². The van der Waals surface area contributed by atoms with Gasteiger partial charge in [0, 0.05) is 23.1 Å². The Morgan fingerprint density at radius 2 is 2.26 bits per heavy atom. The summed E-state index contributed by atoms with van der Waals surface area (Å²) in [7, 11) is 1.92. The number of hydrogen-bond acceptors (Lipinski definition) is 3. The van der Waals surface area contributed by atoms with Gasteiger partial charge in [-0.15, -0.1) is 0 Å². The van der Waals surface area contributed by atoms with Crippen LogP contribution in [0.2, 0.25) is 0 Å². The molecule has 1 heterocycles. The van der Waals surface area contributed by atoms with Gasteiger partial charge in [0.2, 0.25) is 0 Å². The molecule has 1 N–H and O–H groups in total. The van der Waals surface area contributed by atoms with Gasteiger partial charge in [-0.2, -0.15) is 5.10 Å². The number of aryl methyl sites for hydroxylation is 1. The van der Waals surface area contributed by atoms with Crippen LogP contribution in [-0.4, -0.2) is 16.8 Å². The van der Waals surface area contributed by atoms with E-state index >= 15 is 0 Å². The van der Waals surface area contributed by atoms with Crippen molar-refractivity contribution in [3.8, 4) is 11.5 Å². The predicted molar refractivity (Wildman–Crippen MR) is 79.5 cm³/mol. The molecule has 19 heavy (non-hydrogen) atoms. The number of halogens is 1. The smallest absolute Gasteiger partial charge is 0.165 e. The van der Waals surface area contributed by atoms with E-state index in [1.54, 1.807) is 6.20 Å². The molecule has 0 aliphatic carbocycles. The molecule has 2 aromatic rings. The van der Waals surface area contributed by atoms with Gasteiger partial charge in [0.25, 0.3) is 0 Å². The lowest BCUT2D eigenvalue weighted by Gasteiger charge is -2.10. The van der Waals surface area contributed by atoms with Crippen LogP contribution in [0.5, 0.6) is 11.5 Å². The van der Waals surface area contributed by atoms with Crippen molar-refractivity contribution in [1.29, 1.82) is 0 Å². The van der Waals surface area contributed by atoms with E-state index in [4.69, 9.17) is 4.74 Å². The quantitative estimate of drug-likeness (QED) is 0.883. The number of rotatable bonds is 6. The average molecular weight is 324 g/mol. The van der Waals surface area contributed by atoms with E-state index in [0.29, 0.717) is 0 Å². The Morgan fingerprint density at radius 1 is 1.42 bits per heavy atom. The fourth-order valence-corrected chi connectivity index (χ4v) is 2.18. The lowest BCUT2D eigenvalue weighted by atomic mass is 10.2. The summed E-state index contributed by atoms with van der Waals surface area (Å²) in [5, 5.41) is 7.40. The van der Waals surface area contributed by atoms with Crippen LogP contribution in [0.4, 0.5) is 0 Å². The first-order chi connectivity index (χ1) is 9.22. The van der Waals surface area contributed by atoms with Gasteiger partial charge in [0.05, 0.1) is 12.4 Å². The van der Waals surface area contributed by atoms with E-state index in [2.05, 4.69) is 33.3 Å². The van der Waals surface area contributed by atoms with Crippen LogP contribution in [-0.2, 0) is 13.1 Å². The standard InChI is InChI=1S/C14H18BrN3O/c1-3-6-18-10-13(9-17-18)19-14-7-12(15)5-4-11(14)8-16-2/h4-5,7,9-10,16H,3,6,8H2,1-2H3. The molecule has 0 fully saturated rings. The summed E-state index contributed by atoms with van der Waals surface area (Å²) in [6, 6.07) is 6.04. The highest BCUT2D eigenvalue weighted by Crippen LogP contribution is 2.28. The van der Waals surface area contributed by atoms with Crippen LogP contribution in [0.25, 0.3) is 0 Å². The summed E-state index contributed by atoms with van der Waals surface area (Å²) in [5.41, 5.74) is 1.12. The first-order valence-electron chi connectivity index (χ1n) is 6.36. The van der Waals surface area contributed by atoms with Gasteiger partial charge in [-0.3, -0.25) is 4.68 Å². The molecule has 0 saturated carbocycles. The zero-order chi connectivity index (χ0) is 13.7. The molecule has 0 saturated heterocycles. The second kappa shape index (κ2) is 6.73. The number of aromatic nitrogens is 2. The van der Waals surface area contributed by atoms with Gasteiger partial charge in [-0.1, -0.05) is 28.9 Å². The van der Waals surface area contributed by atoms with Crippen LogP contribution in [0.15, 0.2) is 35.1 Å². The van der Waals surface area contributed by atoms with Crippen LogP contribution < -0.4 is 10.1 Å². The zero-order valence-corrected chi connectivity index (χ0v) is 12.8. The maximum absolute atomic E-state index is 5.92. The minimum Gasteiger partial charge on any atom is -0.454 e. The summed E-state index contributed by atoms with van der Waals surface area (Å²) in [4.78, 5) is 0. The van der Waals surface area contributed by atoms with Crippen LogP contribution >= 0.6 is 15.9 Å². The highest BCUT2D eigenvalue weighted by molar-refractivity contribution is 9.10. The average Bonchev–Trinajstić information content (AvgIpc) is 2.81. The number of benzene rings is 1. The zero-order valence-electron chi connectivity index (χ0n) is 11.2. The Balaban J connectivity index is 2.18.